The second-order valence-electron chi connectivity index (χ2n) is 7.22. The van der Waals surface area contributed by atoms with Crippen molar-refractivity contribution in [2.75, 3.05) is 0 Å². The Labute approximate surface area is 142 Å². The van der Waals surface area contributed by atoms with Crippen LogP contribution in [-0.2, 0) is 17.6 Å². The summed E-state index contributed by atoms with van der Waals surface area (Å²) in [4.78, 5) is 13.0. The van der Waals surface area contributed by atoms with Crippen LogP contribution in [0.15, 0.2) is 54.6 Å². The Morgan fingerprint density at radius 3 is 2.50 bits per heavy atom. The van der Waals surface area contributed by atoms with Crippen molar-refractivity contribution in [2.45, 2.75) is 44.2 Å². The van der Waals surface area contributed by atoms with Gasteiger partial charge >= 0.3 is 0 Å². The van der Waals surface area contributed by atoms with Crippen LogP contribution in [0, 0.1) is 5.41 Å². The number of fused-ring (bicyclic) bond motifs is 1. The Balaban J connectivity index is 1.53. The molecule has 4 rings (SSSR count). The first-order chi connectivity index (χ1) is 11.7. The van der Waals surface area contributed by atoms with Gasteiger partial charge in [0.05, 0.1) is 17.6 Å². The number of nitrogens with one attached hydrogen (secondary N) is 1. The Morgan fingerprint density at radius 2 is 1.79 bits per heavy atom. The van der Waals surface area contributed by atoms with E-state index in [4.69, 9.17) is 0 Å². The Morgan fingerprint density at radius 1 is 1.08 bits per heavy atom. The van der Waals surface area contributed by atoms with Crippen LogP contribution in [0.2, 0.25) is 0 Å². The fourth-order valence-corrected chi connectivity index (χ4v) is 4.12. The lowest BCUT2D eigenvalue weighted by atomic mass is 9.64. The molecule has 0 spiro atoms. The van der Waals surface area contributed by atoms with E-state index in [0.717, 1.165) is 36.8 Å². The fourth-order valence-electron chi connectivity index (χ4n) is 4.12. The molecule has 24 heavy (non-hydrogen) atoms. The average Bonchev–Trinajstić information content (AvgIpc) is 2.88. The maximum Gasteiger partial charge on any atom is 0.227 e. The number of hydrogen-bond acceptors (Lipinski definition) is 2. The molecule has 0 aliphatic heterocycles. The lowest BCUT2D eigenvalue weighted by Gasteiger charge is -2.41. The number of aliphatic hydroxyl groups is 1. The molecule has 1 saturated carbocycles. The highest BCUT2D eigenvalue weighted by Crippen LogP contribution is 2.45. The number of carbonyl (C=O) groups excluding carboxylic acids is 1. The van der Waals surface area contributed by atoms with Crippen LogP contribution in [0.1, 0.15) is 42.0 Å². The summed E-state index contributed by atoms with van der Waals surface area (Å²) in [5.41, 5.74) is 3.10. The van der Waals surface area contributed by atoms with Crippen molar-refractivity contribution in [3.63, 3.8) is 0 Å². The van der Waals surface area contributed by atoms with Crippen molar-refractivity contribution >= 4 is 5.91 Å². The van der Waals surface area contributed by atoms with Gasteiger partial charge in [-0.15, -0.1) is 0 Å². The fraction of sp³-hybridized carbons (Fsp3) is 0.381. The molecular weight excluding hydrogens is 298 g/mol. The quantitative estimate of drug-likeness (QED) is 0.909. The standard InChI is InChI=1S/C21H23NO2/c23-18-13-16-9-4-5-10-17(16)19(18)22-20(24)21(11-6-12-21)14-15-7-2-1-3-8-15/h1-5,7-10,18-19,23H,6,11-14H2,(H,22,24)/t18-,19+/m1/s1. The third-order valence-electron chi connectivity index (χ3n) is 5.67. The molecular formula is C21H23NO2. The molecule has 0 bridgehead atoms. The second-order valence-corrected chi connectivity index (χ2v) is 7.22. The van der Waals surface area contributed by atoms with Crippen LogP contribution in [0.5, 0.6) is 0 Å². The van der Waals surface area contributed by atoms with Crippen molar-refractivity contribution < 1.29 is 9.90 Å². The van der Waals surface area contributed by atoms with E-state index < -0.39 is 6.10 Å². The second kappa shape index (κ2) is 6.06. The van der Waals surface area contributed by atoms with Gasteiger partial charge in [-0.2, -0.15) is 0 Å². The molecule has 2 aliphatic carbocycles. The van der Waals surface area contributed by atoms with Crippen molar-refractivity contribution in [3.8, 4) is 0 Å². The van der Waals surface area contributed by atoms with Gasteiger partial charge in [0, 0.05) is 6.42 Å². The van der Waals surface area contributed by atoms with Gasteiger partial charge < -0.3 is 10.4 Å². The largest absolute Gasteiger partial charge is 0.390 e. The zero-order valence-electron chi connectivity index (χ0n) is 13.7. The SMILES string of the molecule is O=C(N[C@H]1c2ccccc2C[C@H]1O)C1(Cc2ccccc2)CCC1. The molecule has 1 fully saturated rings. The number of hydrogen-bond donors (Lipinski definition) is 2. The van der Waals surface area contributed by atoms with Crippen molar-refractivity contribution in [1.82, 2.24) is 5.32 Å². The van der Waals surface area contributed by atoms with Gasteiger partial charge in [0.15, 0.2) is 0 Å². The summed E-state index contributed by atoms with van der Waals surface area (Å²) in [6.07, 6.45) is 3.83. The minimum absolute atomic E-state index is 0.0957. The van der Waals surface area contributed by atoms with E-state index >= 15 is 0 Å². The molecule has 0 aromatic heterocycles. The summed E-state index contributed by atoms with van der Waals surface area (Å²) < 4.78 is 0. The van der Waals surface area contributed by atoms with Crippen LogP contribution in [0.4, 0.5) is 0 Å². The third-order valence-corrected chi connectivity index (χ3v) is 5.67. The highest BCUT2D eigenvalue weighted by molar-refractivity contribution is 5.84. The zero-order valence-corrected chi connectivity index (χ0v) is 13.7. The molecule has 1 amide bonds. The average molecular weight is 321 g/mol. The van der Waals surface area contributed by atoms with Gasteiger partial charge in [0.25, 0.3) is 0 Å². The van der Waals surface area contributed by atoms with Crippen LogP contribution in [0.3, 0.4) is 0 Å². The van der Waals surface area contributed by atoms with Gasteiger partial charge in [-0.25, -0.2) is 0 Å². The molecule has 0 unspecified atom stereocenters. The van der Waals surface area contributed by atoms with Gasteiger partial charge in [0.2, 0.25) is 5.91 Å². The number of amides is 1. The lowest BCUT2D eigenvalue weighted by molar-refractivity contribution is -0.137. The molecule has 0 saturated heterocycles. The summed E-state index contributed by atoms with van der Waals surface area (Å²) in [7, 11) is 0. The van der Waals surface area contributed by atoms with Crippen molar-refractivity contribution in [2.24, 2.45) is 5.41 Å². The molecule has 3 nitrogen and oxygen atoms in total. The highest BCUT2D eigenvalue weighted by Gasteiger charge is 2.45. The maximum absolute atomic E-state index is 13.0. The molecule has 3 heteroatoms. The molecule has 2 N–H and O–H groups in total. The predicted molar refractivity (Wildman–Crippen MR) is 93.5 cm³/mol. The summed E-state index contributed by atoms with van der Waals surface area (Å²) >= 11 is 0. The van der Waals surface area contributed by atoms with E-state index in [1.54, 1.807) is 0 Å². The molecule has 0 radical (unpaired) electrons. The molecule has 2 atom stereocenters. The molecule has 0 heterocycles. The Bertz CT molecular complexity index is 737. The van der Waals surface area contributed by atoms with Crippen LogP contribution < -0.4 is 5.32 Å². The summed E-state index contributed by atoms with van der Waals surface area (Å²) in [6.45, 7) is 0. The maximum atomic E-state index is 13.0. The zero-order chi connectivity index (χ0) is 16.6. The van der Waals surface area contributed by atoms with Crippen molar-refractivity contribution in [3.05, 3.63) is 71.3 Å². The Hall–Kier alpha value is -2.13. The minimum Gasteiger partial charge on any atom is -0.390 e. The van der Waals surface area contributed by atoms with E-state index in [-0.39, 0.29) is 17.4 Å². The van der Waals surface area contributed by atoms with Gasteiger partial charge in [-0.1, -0.05) is 61.0 Å². The van der Waals surface area contributed by atoms with E-state index in [2.05, 4.69) is 17.4 Å². The number of benzene rings is 2. The van der Waals surface area contributed by atoms with Crippen LogP contribution in [-0.4, -0.2) is 17.1 Å². The summed E-state index contributed by atoms with van der Waals surface area (Å²) in [6, 6.07) is 18.0. The van der Waals surface area contributed by atoms with E-state index in [0.29, 0.717) is 6.42 Å². The number of aliphatic hydroxyl groups excluding tert-OH is 1. The van der Waals surface area contributed by atoms with Crippen LogP contribution >= 0.6 is 0 Å². The third kappa shape index (κ3) is 2.63. The van der Waals surface area contributed by atoms with Gasteiger partial charge in [-0.05, 0) is 36.0 Å². The molecule has 124 valence electrons. The van der Waals surface area contributed by atoms with Gasteiger partial charge in [-0.3, -0.25) is 4.79 Å². The van der Waals surface area contributed by atoms with E-state index in [1.807, 2.05) is 42.5 Å². The monoisotopic (exact) mass is 321 g/mol. The highest BCUT2D eigenvalue weighted by atomic mass is 16.3. The number of carbonyl (C=O) groups is 1. The van der Waals surface area contributed by atoms with Crippen molar-refractivity contribution in [1.29, 1.82) is 0 Å². The predicted octanol–water partition coefficient (Wildman–Crippen LogP) is 3.17. The summed E-state index contributed by atoms with van der Waals surface area (Å²) in [5, 5.41) is 13.5. The summed E-state index contributed by atoms with van der Waals surface area (Å²) in [5.74, 6) is 0.0957. The Kier molecular flexibility index (Phi) is 3.89. The minimum atomic E-state index is -0.528. The smallest absolute Gasteiger partial charge is 0.227 e. The molecule has 2 aliphatic rings. The van der Waals surface area contributed by atoms with E-state index in [1.165, 1.54) is 5.56 Å². The van der Waals surface area contributed by atoms with Crippen LogP contribution in [0.25, 0.3) is 0 Å². The van der Waals surface area contributed by atoms with E-state index in [9.17, 15) is 9.90 Å². The van der Waals surface area contributed by atoms with Gasteiger partial charge in [0.1, 0.15) is 0 Å². The molecule has 2 aromatic carbocycles. The first-order valence-electron chi connectivity index (χ1n) is 8.79. The number of rotatable bonds is 4. The first-order valence-corrected chi connectivity index (χ1v) is 8.79. The first kappa shape index (κ1) is 15.4. The topological polar surface area (TPSA) is 49.3 Å². The molecule has 2 aromatic rings. The lowest BCUT2D eigenvalue weighted by Crippen LogP contribution is -2.49. The normalized spacial score (nSPS) is 24.0.